The van der Waals surface area contributed by atoms with E-state index in [0.717, 1.165) is 22.4 Å². The molecule has 28 heavy (non-hydrogen) atoms. The molecule has 0 saturated carbocycles. The number of guanidine groups is 1. The minimum atomic E-state index is -0.0221. The van der Waals surface area contributed by atoms with E-state index in [2.05, 4.69) is 27.3 Å². The van der Waals surface area contributed by atoms with Gasteiger partial charge in [-0.05, 0) is 6.92 Å². The van der Waals surface area contributed by atoms with Crippen LogP contribution in [0.4, 0.5) is 0 Å². The van der Waals surface area contributed by atoms with Crippen LogP contribution >= 0.6 is 24.0 Å². The normalized spacial score (nSPS) is 10.8. The van der Waals surface area contributed by atoms with Crippen LogP contribution in [-0.2, 0) is 18.4 Å². The molecule has 1 aromatic heterocycles. The highest BCUT2D eigenvalue weighted by atomic mass is 127. The first-order valence-electron chi connectivity index (χ1n) is 8.81. The SMILES string of the molecule is C=C(C)CNC(=NCc1cn(C)nc1-c1ccccc1)NCC(=O)N(C)C.I. The van der Waals surface area contributed by atoms with Gasteiger partial charge in [-0.25, -0.2) is 4.99 Å². The predicted octanol–water partition coefficient (Wildman–Crippen LogP) is 2.40. The van der Waals surface area contributed by atoms with E-state index in [-0.39, 0.29) is 36.4 Å². The van der Waals surface area contributed by atoms with E-state index in [1.54, 1.807) is 18.8 Å². The summed E-state index contributed by atoms with van der Waals surface area (Å²) in [6, 6.07) is 10.0. The molecule has 1 aromatic carbocycles. The fraction of sp³-hybridized carbons (Fsp3) is 0.350. The minimum Gasteiger partial charge on any atom is -0.353 e. The molecule has 0 spiro atoms. The van der Waals surface area contributed by atoms with Crippen LogP contribution in [0.3, 0.4) is 0 Å². The van der Waals surface area contributed by atoms with Crippen molar-refractivity contribution in [1.29, 1.82) is 0 Å². The van der Waals surface area contributed by atoms with Crippen LogP contribution in [0.2, 0.25) is 0 Å². The predicted molar refractivity (Wildman–Crippen MR) is 125 cm³/mol. The van der Waals surface area contributed by atoms with Gasteiger partial charge >= 0.3 is 0 Å². The third kappa shape index (κ3) is 7.34. The third-order valence-electron chi connectivity index (χ3n) is 3.82. The monoisotopic (exact) mass is 496 g/mol. The Bertz CT molecular complexity index is 813. The number of nitrogens with zero attached hydrogens (tertiary/aromatic N) is 4. The zero-order valence-corrected chi connectivity index (χ0v) is 19.2. The van der Waals surface area contributed by atoms with Gasteiger partial charge in [0, 0.05) is 45.0 Å². The smallest absolute Gasteiger partial charge is 0.241 e. The van der Waals surface area contributed by atoms with E-state index in [4.69, 9.17) is 0 Å². The fourth-order valence-electron chi connectivity index (χ4n) is 2.38. The van der Waals surface area contributed by atoms with E-state index in [1.807, 2.05) is 50.5 Å². The van der Waals surface area contributed by atoms with Crippen molar-refractivity contribution in [2.24, 2.45) is 12.0 Å². The Hall–Kier alpha value is -2.36. The molecule has 0 aliphatic carbocycles. The first kappa shape index (κ1) is 23.7. The number of rotatable bonds is 7. The Balaban J connectivity index is 0.00000392. The Morgan fingerprint density at radius 2 is 1.86 bits per heavy atom. The van der Waals surface area contributed by atoms with Gasteiger partial charge in [0.15, 0.2) is 5.96 Å². The molecule has 0 unspecified atom stereocenters. The average molecular weight is 496 g/mol. The van der Waals surface area contributed by atoms with Crippen LogP contribution < -0.4 is 10.6 Å². The summed E-state index contributed by atoms with van der Waals surface area (Å²) in [4.78, 5) is 18.0. The standard InChI is InChI=1S/C20H28N6O.HI/c1-15(2)11-21-20(23-13-18(27)25(3)4)22-12-17-14-26(5)24-19(17)16-9-7-6-8-10-16;/h6-10,14H,1,11-13H2,2-5H3,(H2,21,22,23);1H. The van der Waals surface area contributed by atoms with Crippen molar-refractivity contribution >= 4 is 35.8 Å². The summed E-state index contributed by atoms with van der Waals surface area (Å²) in [5.41, 5.74) is 3.95. The molecule has 1 heterocycles. The first-order chi connectivity index (χ1) is 12.9. The first-order valence-corrected chi connectivity index (χ1v) is 8.81. The molecule has 8 heteroatoms. The van der Waals surface area contributed by atoms with E-state index >= 15 is 0 Å². The number of halogens is 1. The van der Waals surface area contributed by atoms with E-state index < -0.39 is 0 Å². The number of hydrogen-bond acceptors (Lipinski definition) is 3. The van der Waals surface area contributed by atoms with E-state index in [0.29, 0.717) is 19.0 Å². The van der Waals surface area contributed by atoms with Crippen molar-refractivity contribution in [3.8, 4) is 11.3 Å². The molecule has 2 N–H and O–H groups in total. The maximum absolute atomic E-state index is 11.9. The van der Waals surface area contributed by atoms with Crippen molar-refractivity contribution < 1.29 is 4.79 Å². The van der Waals surface area contributed by atoms with Gasteiger partial charge in [0.1, 0.15) is 0 Å². The van der Waals surface area contributed by atoms with Gasteiger partial charge in [0.25, 0.3) is 0 Å². The molecule has 0 bridgehead atoms. The molecule has 0 aliphatic rings. The maximum Gasteiger partial charge on any atom is 0.241 e. The summed E-state index contributed by atoms with van der Waals surface area (Å²) in [7, 11) is 5.35. The van der Waals surface area contributed by atoms with Crippen LogP contribution in [0, 0.1) is 0 Å². The van der Waals surface area contributed by atoms with Gasteiger partial charge in [-0.1, -0.05) is 42.5 Å². The molecule has 152 valence electrons. The summed E-state index contributed by atoms with van der Waals surface area (Å²) in [5.74, 6) is 0.544. The highest BCUT2D eigenvalue weighted by molar-refractivity contribution is 14.0. The van der Waals surface area contributed by atoms with E-state index in [1.165, 1.54) is 4.90 Å². The van der Waals surface area contributed by atoms with Crippen molar-refractivity contribution in [1.82, 2.24) is 25.3 Å². The van der Waals surface area contributed by atoms with Gasteiger partial charge < -0.3 is 15.5 Å². The highest BCUT2D eigenvalue weighted by Gasteiger charge is 2.11. The lowest BCUT2D eigenvalue weighted by Crippen LogP contribution is -2.43. The molecule has 0 radical (unpaired) electrons. The number of likely N-dealkylation sites (N-methyl/N-ethyl adjacent to an activating group) is 1. The van der Waals surface area contributed by atoms with Gasteiger partial charge in [-0.15, -0.1) is 24.0 Å². The molecule has 2 aromatic rings. The average Bonchev–Trinajstić information content (AvgIpc) is 3.02. The highest BCUT2D eigenvalue weighted by Crippen LogP contribution is 2.22. The Morgan fingerprint density at radius 3 is 2.46 bits per heavy atom. The van der Waals surface area contributed by atoms with Gasteiger partial charge in [-0.2, -0.15) is 5.10 Å². The third-order valence-corrected chi connectivity index (χ3v) is 3.82. The molecule has 1 amide bonds. The lowest BCUT2D eigenvalue weighted by molar-refractivity contribution is -0.127. The van der Waals surface area contributed by atoms with Crippen LogP contribution in [-0.4, -0.2) is 53.7 Å². The van der Waals surface area contributed by atoms with Crippen molar-refractivity contribution in [2.45, 2.75) is 13.5 Å². The Morgan fingerprint density at radius 1 is 1.21 bits per heavy atom. The summed E-state index contributed by atoms with van der Waals surface area (Å²) in [6.45, 7) is 7.03. The quantitative estimate of drug-likeness (QED) is 0.267. The number of aliphatic imine (C=N–C) groups is 1. The minimum absolute atomic E-state index is 0. The van der Waals surface area contributed by atoms with Crippen LogP contribution in [0.25, 0.3) is 11.3 Å². The number of hydrogen-bond donors (Lipinski definition) is 2. The topological polar surface area (TPSA) is 74.5 Å². The molecule has 0 saturated heterocycles. The van der Waals surface area contributed by atoms with Crippen LogP contribution in [0.5, 0.6) is 0 Å². The number of carbonyl (C=O) groups excluding carboxylic acids is 1. The number of nitrogens with one attached hydrogen (secondary N) is 2. The molecular formula is C20H29IN6O. The zero-order chi connectivity index (χ0) is 19.8. The Kier molecular flexibility index (Phi) is 9.70. The summed E-state index contributed by atoms with van der Waals surface area (Å²) < 4.78 is 1.79. The lowest BCUT2D eigenvalue weighted by Gasteiger charge is -2.15. The number of amides is 1. The maximum atomic E-state index is 11.9. The summed E-state index contributed by atoms with van der Waals surface area (Å²) >= 11 is 0. The molecule has 0 aliphatic heterocycles. The van der Waals surface area contributed by atoms with Crippen molar-refractivity contribution in [2.75, 3.05) is 27.2 Å². The molecule has 2 rings (SSSR count). The Labute approximate surface area is 183 Å². The molecule has 0 atom stereocenters. The van der Waals surface area contributed by atoms with Gasteiger partial charge in [-0.3, -0.25) is 9.48 Å². The van der Waals surface area contributed by atoms with Gasteiger partial charge in [0.05, 0.1) is 18.8 Å². The van der Waals surface area contributed by atoms with Gasteiger partial charge in [0.2, 0.25) is 5.91 Å². The van der Waals surface area contributed by atoms with Crippen molar-refractivity contribution in [3.05, 3.63) is 54.2 Å². The van der Waals surface area contributed by atoms with Crippen LogP contribution in [0.15, 0.2) is 53.7 Å². The summed E-state index contributed by atoms with van der Waals surface area (Å²) in [5, 5.41) is 10.8. The largest absolute Gasteiger partial charge is 0.353 e. The molecular weight excluding hydrogens is 467 g/mol. The molecule has 0 fully saturated rings. The second-order valence-electron chi connectivity index (χ2n) is 6.66. The second-order valence-corrected chi connectivity index (χ2v) is 6.66. The summed E-state index contributed by atoms with van der Waals surface area (Å²) in [6.07, 6.45) is 1.97. The fourth-order valence-corrected chi connectivity index (χ4v) is 2.38. The van der Waals surface area contributed by atoms with Crippen LogP contribution in [0.1, 0.15) is 12.5 Å². The molecule has 7 nitrogen and oxygen atoms in total. The second kappa shape index (κ2) is 11.5. The number of aryl methyl sites for hydroxylation is 1. The van der Waals surface area contributed by atoms with Crippen molar-refractivity contribution in [3.63, 3.8) is 0 Å². The zero-order valence-electron chi connectivity index (χ0n) is 16.9. The lowest BCUT2D eigenvalue weighted by atomic mass is 10.1. The van der Waals surface area contributed by atoms with E-state index in [9.17, 15) is 4.79 Å². The number of benzene rings is 1. The number of aromatic nitrogens is 2. The number of carbonyl (C=O) groups is 1.